The van der Waals surface area contributed by atoms with E-state index in [1.807, 2.05) is 0 Å². The Morgan fingerprint density at radius 2 is 1.92 bits per heavy atom. The van der Waals surface area contributed by atoms with Crippen LogP contribution in [-0.2, 0) is 4.74 Å². The summed E-state index contributed by atoms with van der Waals surface area (Å²) in [6, 6.07) is 0. The second-order valence-electron chi connectivity index (χ2n) is 3.65. The van der Waals surface area contributed by atoms with Gasteiger partial charge in [-0.05, 0) is 12.8 Å². The molecule has 0 bridgehead atoms. The van der Waals surface area contributed by atoms with E-state index in [0.717, 1.165) is 26.3 Å². The van der Waals surface area contributed by atoms with Crippen LogP contribution in [0.3, 0.4) is 0 Å². The largest absolute Gasteiger partial charge is 0.378 e. The van der Waals surface area contributed by atoms with Crippen LogP contribution >= 0.6 is 0 Å². The summed E-state index contributed by atoms with van der Waals surface area (Å²) in [5.41, 5.74) is 1.40. The van der Waals surface area contributed by atoms with Gasteiger partial charge in [-0.15, -0.1) is 0 Å². The summed E-state index contributed by atoms with van der Waals surface area (Å²) in [7, 11) is 0. The summed E-state index contributed by atoms with van der Waals surface area (Å²) in [5.74, 6) is 0.646. The maximum atomic E-state index is 5.29. The molecule has 0 radical (unpaired) electrons. The van der Waals surface area contributed by atoms with Gasteiger partial charge in [0.05, 0.1) is 13.2 Å². The molecule has 0 aromatic carbocycles. The normalized spacial score (nSPS) is 20.3. The maximum Gasteiger partial charge on any atom is 0.0642 e. The summed E-state index contributed by atoms with van der Waals surface area (Å²) in [5, 5.41) is 0. The number of hydrogen-bond donors (Lipinski definition) is 0. The van der Waals surface area contributed by atoms with Crippen LogP contribution in [-0.4, -0.2) is 31.2 Å². The van der Waals surface area contributed by atoms with Gasteiger partial charge >= 0.3 is 0 Å². The van der Waals surface area contributed by atoms with Crippen LogP contribution in [0.1, 0.15) is 20.8 Å². The molecule has 2 heteroatoms. The van der Waals surface area contributed by atoms with Gasteiger partial charge in [-0.25, -0.2) is 0 Å². The quantitative estimate of drug-likeness (QED) is 0.626. The molecule has 0 unspecified atom stereocenters. The molecule has 70 valence electrons. The van der Waals surface area contributed by atoms with Crippen molar-refractivity contribution in [3.8, 4) is 0 Å². The number of allylic oxidation sites excluding steroid dienone is 2. The van der Waals surface area contributed by atoms with E-state index >= 15 is 0 Å². The molecule has 0 spiro atoms. The van der Waals surface area contributed by atoms with Crippen LogP contribution in [0.25, 0.3) is 0 Å². The van der Waals surface area contributed by atoms with Crippen LogP contribution in [0.2, 0.25) is 0 Å². The van der Waals surface area contributed by atoms with Crippen molar-refractivity contribution < 1.29 is 4.74 Å². The first kappa shape index (κ1) is 9.59. The number of hydrogen-bond acceptors (Lipinski definition) is 2. The number of rotatable bonds is 2. The van der Waals surface area contributed by atoms with Crippen molar-refractivity contribution in [2.45, 2.75) is 20.8 Å². The van der Waals surface area contributed by atoms with Crippen LogP contribution in [0.4, 0.5) is 0 Å². The lowest BCUT2D eigenvalue weighted by Gasteiger charge is -2.29. The summed E-state index contributed by atoms with van der Waals surface area (Å²) in [6.45, 7) is 10.5. The van der Waals surface area contributed by atoms with Crippen molar-refractivity contribution >= 4 is 0 Å². The lowest BCUT2D eigenvalue weighted by molar-refractivity contribution is 0.0534. The van der Waals surface area contributed by atoms with E-state index in [1.54, 1.807) is 0 Å². The van der Waals surface area contributed by atoms with Gasteiger partial charge in [0.25, 0.3) is 0 Å². The Kier molecular flexibility index (Phi) is 3.60. The molecule has 1 fully saturated rings. The molecule has 0 saturated carbocycles. The number of nitrogens with zero attached hydrogens (tertiary/aromatic N) is 1. The van der Waals surface area contributed by atoms with Crippen LogP contribution in [0, 0.1) is 5.92 Å². The zero-order chi connectivity index (χ0) is 8.97. The average molecular weight is 169 g/mol. The van der Waals surface area contributed by atoms with Crippen molar-refractivity contribution in [3.63, 3.8) is 0 Å². The fourth-order valence-corrected chi connectivity index (χ4v) is 1.50. The first-order chi connectivity index (χ1) is 5.70. The third-order valence-corrected chi connectivity index (χ3v) is 2.08. The monoisotopic (exact) mass is 169 g/mol. The highest BCUT2D eigenvalue weighted by molar-refractivity contribution is 4.99. The first-order valence-corrected chi connectivity index (χ1v) is 4.71. The van der Waals surface area contributed by atoms with Crippen molar-refractivity contribution in [3.05, 3.63) is 11.8 Å². The summed E-state index contributed by atoms with van der Waals surface area (Å²) in [6.07, 6.45) is 2.31. The Bertz CT molecular complexity index is 157. The molecule has 1 rings (SSSR count). The highest BCUT2D eigenvalue weighted by Crippen LogP contribution is 2.09. The molecule has 1 aliphatic rings. The average Bonchev–Trinajstić information content (AvgIpc) is 2.05. The molecule has 0 atom stereocenters. The van der Waals surface area contributed by atoms with E-state index < -0.39 is 0 Å². The van der Waals surface area contributed by atoms with Crippen molar-refractivity contribution in [1.82, 2.24) is 4.90 Å². The molecule has 0 aromatic rings. The van der Waals surface area contributed by atoms with E-state index in [-0.39, 0.29) is 0 Å². The zero-order valence-electron chi connectivity index (χ0n) is 8.34. The molecule has 1 aliphatic heterocycles. The van der Waals surface area contributed by atoms with Crippen LogP contribution in [0.5, 0.6) is 0 Å². The van der Waals surface area contributed by atoms with Gasteiger partial charge in [0.1, 0.15) is 0 Å². The first-order valence-electron chi connectivity index (χ1n) is 4.71. The predicted molar refractivity (Wildman–Crippen MR) is 51.0 cm³/mol. The second kappa shape index (κ2) is 4.51. The molecule has 0 amide bonds. The van der Waals surface area contributed by atoms with Gasteiger partial charge in [-0.3, -0.25) is 0 Å². The molecular weight excluding hydrogens is 150 g/mol. The molecule has 1 saturated heterocycles. The van der Waals surface area contributed by atoms with E-state index in [0.29, 0.717) is 5.92 Å². The van der Waals surface area contributed by atoms with E-state index in [1.165, 1.54) is 5.70 Å². The van der Waals surface area contributed by atoms with Gasteiger partial charge in [0.2, 0.25) is 0 Å². The zero-order valence-corrected chi connectivity index (χ0v) is 8.34. The summed E-state index contributed by atoms with van der Waals surface area (Å²) >= 11 is 0. The fraction of sp³-hybridized carbons (Fsp3) is 0.800. The van der Waals surface area contributed by atoms with Gasteiger partial charge in [0, 0.05) is 18.8 Å². The van der Waals surface area contributed by atoms with Crippen molar-refractivity contribution in [2.75, 3.05) is 26.3 Å². The molecule has 0 aromatic heterocycles. The second-order valence-corrected chi connectivity index (χ2v) is 3.65. The number of ether oxygens (including phenoxy) is 1. The lowest BCUT2D eigenvalue weighted by atomic mass is 10.2. The van der Waals surface area contributed by atoms with Gasteiger partial charge in [-0.1, -0.05) is 19.9 Å². The lowest BCUT2D eigenvalue weighted by Crippen LogP contribution is -2.34. The van der Waals surface area contributed by atoms with E-state index in [9.17, 15) is 0 Å². The third-order valence-electron chi connectivity index (χ3n) is 2.08. The van der Waals surface area contributed by atoms with Crippen LogP contribution < -0.4 is 0 Å². The summed E-state index contributed by atoms with van der Waals surface area (Å²) < 4.78 is 5.29. The standard InChI is InChI=1S/C10H19NO/c1-9(2)8-10(3)11-4-6-12-7-5-11/h8-9H,4-7H2,1-3H3/b10-8-. The third kappa shape index (κ3) is 2.86. The topological polar surface area (TPSA) is 12.5 Å². The Morgan fingerprint density at radius 3 is 2.42 bits per heavy atom. The maximum absolute atomic E-state index is 5.29. The summed E-state index contributed by atoms with van der Waals surface area (Å²) in [4.78, 5) is 2.39. The minimum Gasteiger partial charge on any atom is -0.378 e. The van der Waals surface area contributed by atoms with E-state index in [4.69, 9.17) is 4.74 Å². The molecule has 0 N–H and O–H groups in total. The van der Waals surface area contributed by atoms with Crippen LogP contribution in [0.15, 0.2) is 11.8 Å². The number of morpholine rings is 1. The molecule has 2 nitrogen and oxygen atoms in total. The molecular formula is C10H19NO. The van der Waals surface area contributed by atoms with Crippen molar-refractivity contribution in [2.24, 2.45) is 5.92 Å². The minimum absolute atomic E-state index is 0.646. The molecule has 1 heterocycles. The molecule has 0 aliphatic carbocycles. The van der Waals surface area contributed by atoms with E-state index in [2.05, 4.69) is 31.7 Å². The highest BCUT2D eigenvalue weighted by Gasteiger charge is 2.09. The Hall–Kier alpha value is -0.500. The van der Waals surface area contributed by atoms with Gasteiger partial charge in [0.15, 0.2) is 0 Å². The van der Waals surface area contributed by atoms with Gasteiger partial charge in [-0.2, -0.15) is 0 Å². The predicted octanol–water partition coefficient (Wildman–Crippen LogP) is 1.88. The SMILES string of the molecule is C/C(=C/C(C)C)N1CCOCC1. The minimum atomic E-state index is 0.646. The highest BCUT2D eigenvalue weighted by atomic mass is 16.5. The Balaban J connectivity index is 2.44. The molecule has 12 heavy (non-hydrogen) atoms. The smallest absolute Gasteiger partial charge is 0.0642 e. The van der Waals surface area contributed by atoms with Gasteiger partial charge < -0.3 is 9.64 Å². The Labute approximate surface area is 75.2 Å². The Morgan fingerprint density at radius 1 is 1.33 bits per heavy atom. The van der Waals surface area contributed by atoms with Crippen molar-refractivity contribution in [1.29, 1.82) is 0 Å². The fourth-order valence-electron chi connectivity index (χ4n) is 1.50.